The summed E-state index contributed by atoms with van der Waals surface area (Å²) < 4.78 is 31.1. The maximum atomic E-state index is 12.1. The molecular weight excluding hydrogens is 392 g/mol. The maximum Gasteiger partial charge on any atom is 0.321 e. The highest BCUT2D eigenvalue weighted by molar-refractivity contribution is 7.89. The van der Waals surface area contributed by atoms with Gasteiger partial charge in [0, 0.05) is 10.7 Å². The summed E-state index contributed by atoms with van der Waals surface area (Å²) in [6.45, 7) is 2.49. The Balaban J connectivity index is 1.81. The number of amides is 1. The summed E-state index contributed by atoms with van der Waals surface area (Å²) in [5, 5.41) is 3.12. The highest BCUT2D eigenvalue weighted by Crippen LogP contribution is 2.19. The van der Waals surface area contributed by atoms with Crippen LogP contribution in [0.25, 0.3) is 0 Å². The number of sulfonamides is 1. The summed E-state index contributed by atoms with van der Waals surface area (Å²) in [5.74, 6) is -1.41. The van der Waals surface area contributed by atoms with Crippen molar-refractivity contribution in [1.82, 2.24) is 4.72 Å². The molecule has 2 rings (SSSR count). The molecule has 0 aliphatic heterocycles. The van der Waals surface area contributed by atoms with Crippen LogP contribution in [0.4, 0.5) is 5.69 Å². The summed E-state index contributed by atoms with van der Waals surface area (Å²) in [7, 11) is -3.83. The number of carbonyl (C=O) groups is 2. The van der Waals surface area contributed by atoms with Crippen molar-refractivity contribution in [2.75, 3.05) is 18.5 Å². The quantitative estimate of drug-likeness (QED) is 0.682. The molecule has 9 heteroatoms. The van der Waals surface area contributed by atoms with E-state index >= 15 is 0 Å². The molecule has 0 bridgehead atoms. The molecule has 0 radical (unpaired) electrons. The Morgan fingerprint density at radius 1 is 1.07 bits per heavy atom. The van der Waals surface area contributed by atoms with Gasteiger partial charge in [-0.25, -0.2) is 8.42 Å². The molecule has 0 fully saturated rings. The van der Waals surface area contributed by atoms with Gasteiger partial charge in [-0.1, -0.05) is 29.3 Å². The van der Waals surface area contributed by atoms with Crippen molar-refractivity contribution in [3.8, 4) is 0 Å². The van der Waals surface area contributed by atoms with E-state index in [0.717, 1.165) is 11.1 Å². The predicted molar refractivity (Wildman–Crippen MR) is 102 cm³/mol. The fourth-order valence-corrected chi connectivity index (χ4v) is 3.30. The van der Waals surface area contributed by atoms with Gasteiger partial charge in [0.1, 0.15) is 6.54 Å². The fourth-order valence-electron chi connectivity index (χ4n) is 2.11. The van der Waals surface area contributed by atoms with E-state index in [1.807, 2.05) is 6.92 Å². The molecule has 0 saturated carbocycles. The summed E-state index contributed by atoms with van der Waals surface area (Å²) in [6.07, 6.45) is 0. The molecule has 2 N–H and O–H groups in total. The molecule has 0 saturated heterocycles. The van der Waals surface area contributed by atoms with E-state index in [9.17, 15) is 18.0 Å². The van der Waals surface area contributed by atoms with Crippen LogP contribution in [0.5, 0.6) is 0 Å². The Hall–Kier alpha value is -2.42. The Labute approximate surface area is 162 Å². The first-order chi connectivity index (χ1) is 12.7. The van der Waals surface area contributed by atoms with Crippen LogP contribution in [0.2, 0.25) is 5.02 Å². The minimum atomic E-state index is -3.83. The smallest absolute Gasteiger partial charge is 0.321 e. The van der Waals surface area contributed by atoms with E-state index in [1.165, 1.54) is 12.1 Å². The number of halogens is 1. The number of hydrogen-bond donors (Lipinski definition) is 2. The number of benzene rings is 2. The minimum Gasteiger partial charge on any atom is -0.455 e. The molecule has 27 heavy (non-hydrogen) atoms. The molecule has 0 aromatic heterocycles. The molecule has 0 aliphatic rings. The van der Waals surface area contributed by atoms with E-state index in [4.69, 9.17) is 16.3 Å². The van der Waals surface area contributed by atoms with Crippen LogP contribution in [0.3, 0.4) is 0 Å². The first-order valence-electron chi connectivity index (χ1n) is 7.95. The third-order valence-electron chi connectivity index (χ3n) is 3.56. The number of hydrogen-bond acceptors (Lipinski definition) is 5. The van der Waals surface area contributed by atoms with Crippen LogP contribution in [0, 0.1) is 13.8 Å². The third kappa shape index (κ3) is 6.35. The van der Waals surface area contributed by atoms with Gasteiger partial charge in [0.15, 0.2) is 6.61 Å². The average molecular weight is 411 g/mol. The van der Waals surface area contributed by atoms with Gasteiger partial charge >= 0.3 is 5.97 Å². The summed E-state index contributed by atoms with van der Waals surface area (Å²) in [4.78, 5) is 23.6. The molecular formula is C18H19ClN2O5S. The van der Waals surface area contributed by atoms with Crippen LogP contribution in [0.1, 0.15) is 11.1 Å². The molecule has 2 aromatic carbocycles. The van der Waals surface area contributed by atoms with E-state index in [0.29, 0.717) is 10.7 Å². The van der Waals surface area contributed by atoms with Crippen molar-refractivity contribution in [2.45, 2.75) is 18.7 Å². The number of ether oxygens (including phenoxy) is 1. The molecule has 0 unspecified atom stereocenters. The van der Waals surface area contributed by atoms with E-state index in [1.54, 1.807) is 37.3 Å². The number of aryl methyl sites for hydroxylation is 2. The monoisotopic (exact) mass is 410 g/mol. The molecule has 2 aromatic rings. The van der Waals surface area contributed by atoms with Gasteiger partial charge < -0.3 is 10.1 Å². The van der Waals surface area contributed by atoms with Gasteiger partial charge in [0.2, 0.25) is 10.0 Å². The van der Waals surface area contributed by atoms with Gasteiger partial charge in [-0.05, 0) is 49.7 Å². The molecule has 0 spiro atoms. The number of nitrogens with one attached hydrogen (secondary N) is 2. The summed E-state index contributed by atoms with van der Waals surface area (Å²) >= 11 is 5.84. The van der Waals surface area contributed by atoms with Gasteiger partial charge in [-0.15, -0.1) is 0 Å². The van der Waals surface area contributed by atoms with E-state index in [-0.39, 0.29) is 4.90 Å². The van der Waals surface area contributed by atoms with Crippen molar-refractivity contribution in [3.63, 3.8) is 0 Å². The van der Waals surface area contributed by atoms with Gasteiger partial charge in [0.25, 0.3) is 5.91 Å². The van der Waals surface area contributed by atoms with Gasteiger partial charge in [0.05, 0.1) is 4.90 Å². The lowest BCUT2D eigenvalue weighted by Gasteiger charge is -2.10. The zero-order valence-electron chi connectivity index (χ0n) is 14.8. The first-order valence-corrected chi connectivity index (χ1v) is 9.81. The molecule has 0 atom stereocenters. The van der Waals surface area contributed by atoms with Crippen LogP contribution >= 0.6 is 11.6 Å². The molecule has 0 heterocycles. The highest BCUT2D eigenvalue weighted by atomic mass is 35.5. The number of carbonyl (C=O) groups excluding carboxylic acids is 2. The summed E-state index contributed by atoms with van der Waals surface area (Å²) in [6, 6.07) is 11.1. The Morgan fingerprint density at radius 3 is 2.37 bits per heavy atom. The van der Waals surface area contributed by atoms with Crippen LogP contribution in [-0.4, -0.2) is 33.4 Å². The molecule has 7 nitrogen and oxygen atoms in total. The number of anilines is 1. The Kier molecular flexibility index (Phi) is 6.95. The van der Waals surface area contributed by atoms with Crippen molar-refractivity contribution in [3.05, 3.63) is 58.6 Å². The third-order valence-corrected chi connectivity index (χ3v) is 5.22. The van der Waals surface area contributed by atoms with Crippen LogP contribution in [-0.2, 0) is 24.3 Å². The van der Waals surface area contributed by atoms with Gasteiger partial charge in [-0.2, -0.15) is 4.72 Å². The van der Waals surface area contributed by atoms with Crippen LogP contribution in [0.15, 0.2) is 47.4 Å². The lowest BCUT2D eigenvalue weighted by molar-refractivity contribution is -0.146. The lowest BCUT2D eigenvalue weighted by Crippen LogP contribution is -2.32. The second-order valence-electron chi connectivity index (χ2n) is 5.81. The number of esters is 1. The highest BCUT2D eigenvalue weighted by Gasteiger charge is 2.16. The van der Waals surface area contributed by atoms with Crippen molar-refractivity contribution in [2.24, 2.45) is 0 Å². The lowest BCUT2D eigenvalue weighted by atomic mass is 10.2. The van der Waals surface area contributed by atoms with Crippen LogP contribution < -0.4 is 10.0 Å². The molecule has 0 aliphatic carbocycles. The van der Waals surface area contributed by atoms with E-state index < -0.39 is 35.1 Å². The maximum absolute atomic E-state index is 12.1. The second-order valence-corrected chi connectivity index (χ2v) is 8.01. The first kappa shape index (κ1) is 20.9. The average Bonchev–Trinajstić information content (AvgIpc) is 2.61. The molecule has 1 amide bonds. The Bertz CT molecular complexity index is 943. The standard InChI is InChI=1S/C18H19ClN2O5S/c1-12-3-6-15(7-4-12)27(24,25)20-10-18(23)26-11-17(22)21-16-8-5-14(19)9-13(16)2/h3-9,20H,10-11H2,1-2H3,(H,21,22). The minimum absolute atomic E-state index is 0.0388. The topological polar surface area (TPSA) is 102 Å². The van der Waals surface area contributed by atoms with Crippen molar-refractivity contribution < 1.29 is 22.7 Å². The normalized spacial score (nSPS) is 11.1. The number of rotatable bonds is 7. The predicted octanol–water partition coefficient (Wildman–Crippen LogP) is 2.42. The largest absolute Gasteiger partial charge is 0.455 e. The zero-order chi connectivity index (χ0) is 20.0. The zero-order valence-corrected chi connectivity index (χ0v) is 16.4. The van der Waals surface area contributed by atoms with Crippen molar-refractivity contribution >= 4 is 39.2 Å². The second kappa shape index (κ2) is 8.98. The molecule has 144 valence electrons. The van der Waals surface area contributed by atoms with E-state index in [2.05, 4.69) is 10.0 Å². The van der Waals surface area contributed by atoms with Gasteiger partial charge in [-0.3, -0.25) is 9.59 Å². The summed E-state index contributed by atoms with van der Waals surface area (Å²) in [5.41, 5.74) is 2.21. The SMILES string of the molecule is Cc1ccc(S(=O)(=O)NCC(=O)OCC(=O)Nc2ccc(Cl)cc2C)cc1. The fraction of sp³-hybridized carbons (Fsp3) is 0.222. The van der Waals surface area contributed by atoms with Crippen molar-refractivity contribution in [1.29, 1.82) is 0 Å². The Morgan fingerprint density at radius 2 is 1.74 bits per heavy atom.